The van der Waals surface area contributed by atoms with E-state index < -0.39 is 5.92 Å². The fourth-order valence-corrected chi connectivity index (χ4v) is 5.11. The third kappa shape index (κ3) is 5.69. The molecule has 0 N–H and O–H groups in total. The van der Waals surface area contributed by atoms with Crippen LogP contribution in [0.4, 0.5) is 0 Å². The molecule has 0 saturated carbocycles. The summed E-state index contributed by atoms with van der Waals surface area (Å²) in [5, 5.41) is 1.16. The molecule has 0 aliphatic carbocycles. The summed E-state index contributed by atoms with van der Waals surface area (Å²) in [7, 11) is 0. The highest BCUT2D eigenvalue weighted by atomic mass is 35.5. The molecule has 7 heteroatoms. The van der Waals surface area contributed by atoms with Crippen LogP contribution in [0.1, 0.15) is 43.0 Å². The number of aryl methyl sites for hydroxylation is 1. The van der Waals surface area contributed by atoms with E-state index in [1.54, 1.807) is 41.3 Å². The fraction of sp³-hybridized carbons (Fsp3) is 0.310. The molecule has 0 spiro atoms. The largest absolute Gasteiger partial charge is 0.457 e. The van der Waals surface area contributed by atoms with Gasteiger partial charge in [-0.25, -0.2) is 0 Å². The van der Waals surface area contributed by atoms with Crippen molar-refractivity contribution < 1.29 is 14.3 Å². The number of amides is 2. The minimum Gasteiger partial charge on any atom is -0.457 e. The molecule has 3 aromatic rings. The number of rotatable bonds is 8. The SMILES string of the molecule is CCN(Cc1ccc(Cl)cc1Oc1ccc(Cl)cc1)C(=O)C1CC(=O)N(CC)C1c1cccc(C)c1. The van der Waals surface area contributed by atoms with Gasteiger partial charge in [-0.3, -0.25) is 9.59 Å². The van der Waals surface area contributed by atoms with Crippen molar-refractivity contribution in [3.8, 4) is 11.5 Å². The highest BCUT2D eigenvalue weighted by Crippen LogP contribution is 2.40. The summed E-state index contributed by atoms with van der Waals surface area (Å²) in [6.45, 7) is 7.33. The van der Waals surface area contributed by atoms with Crippen molar-refractivity contribution in [2.45, 2.75) is 39.8 Å². The van der Waals surface area contributed by atoms with Gasteiger partial charge in [0.1, 0.15) is 11.5 Å². The second-order valence-electron chi connectivity index (χ2n) is 9.01. The van der Waals surface area contributed by atoms with E-state index in [1.807, 2.05) is 49.9 Å². The van der Waals surface area contributed by atoms with Gasteiger partial charge in [0.05, 0.1) is 12.0 Å². The zero-order chi connectivity index (χ0) is 25.8. The van der Waals surface area contributed by atoms with Crippen molar-refractivity contribution in [2.75, 3.05) is 13.1 Å². The second kappa shape index (κ2) is 11.4. The summed E-state index contributed by atoms with van der Waals surface area (Å²) in [4.78, 5) is 30.4. The van der Waals surface area contributed by atoms with E-state index in [1.165, 1.54) is 0 Å². The van der Waals surface area contributed by atoms with Gasteiger partial charge in [-0.2, -0.15) is 0 Å². The summed E-state index contributed by atoms with van der Waals surface area (Å²) in [5.74, 6) is 0.713. The molecule has 3 aromatic carbocycles. The molecule has 1 aliphatic rings. The summed E-state index contributed by atoms with van der Waals surface area (Å²) < 4.78 is 6.11. The maximum atomic E-state index is 13.9. The van der Waals surface area contributed by atoms with E-state index in [0.717, 1.165) is 16.7 Å². The first kappa shape index (κ1) is 26.1. The lowest BCUT2D eigenvalue weighted by atomic mass is 9.91. The Kier molecular flexibility index (Phi) is 8.22. The molecule has 2 atom stereocenters. The third-order valence-corrected chi connectivity index (χ3v) is 7.09. The van der Waals surface area contributed by atoms with E-state index in [9.17, 15) is 9.59 Å². The van der Waals surface area contributed by atoms with Crippen molar-refractivity contribution in [3.63, 3.8) is 0 Å². The molecule has 0 bridgehead atoms. The Balaban J connectivity index is 1.61. The van der Waals surface area contributed by atoms with E-state index in [-0.39, 0.29) is 24.3 Å². The predicted molar refractivity (Wildman–Crippen MR) is 143 cm³/mol. The van der Waals surface area contributed by atoms with Crippen LogP contribution in [0.5, 0.6) is 11.5 Å². The molecule has 1 fully saturated rings. The molecule has 188 valence electrons. The lowest BCUT2D eigenvalue weighted by Crippen LogP contribution is -2.38. The lowest BCUT2D eigenvalue weighted by Gasteiger charge is -2.31. The lowest BCUT2D eigenvalue weighted by molar-refractivity contribution is -0.137. The van der Waals surface area contributed by atoms with Crippen molar-refractivity contribution in [3.05, 3.63) is 93.5 Å². The third-order valence-electron chi connectivity index (χ3n) is 6.60. The number of halogens is 2. The van der Waals surface area contributed by atoms with Crippen LogP contribution >= 0.6 is 23.2 Å². The van der Waals surface area contributed by atoms with E-state index in [0.29, 0.717) is 41.2 Å². The summed E-state index contributed by atoms with van der Waals surface area (Å²) in [6, 6.07) is 20.3. The molecule has 36 heavy (non-hydrogen) atoms. The monoisotopic (exact) mass is 524 g/mol. The number of nitrogens with zero attached hydrogens (tertiary/aromatic N) is 2. The van der Waals surface area contributed by atoms with Gasteiger partial charge in [-0.05, 0) is 62.7 Å². The maximum Gasteiger partial charge on any atom is 0.228 e. The molecule has 5 nitrogen and oxygen atoms in total. The minimum atomic E-state index is -0.452. The van der Waals surface area contributed by atoms with Crippen LogP contribution in [-0.2, 0) is 16.1 Å². The highest BCUT2D eigenvalue weighted by molar-refractivity contribution is 6.31. The van der Waals surface area contributed by atoms with Gasteiger partial charge < -0.3 is 14.5 Å². The minimum absolute atomic E-state index is 0.0108. The van der Waals surface area contributed by atoms with E-state index in [2.05, 4.69) is 6.07 Å². The standard InChI is InChI=1S/C29H30Cl2N2O3/c1-4-32(18-21-9-10-23(31)16-26(21)36-24-13-11-22(30)12-14-24)29(35)25-17-27(34)33(5-2)28(25)20-8-6-7-19(3)15-20/h6-16,25,28H,4-5,17-18H2,1-3H3. The van der Waals surface area contributed by atoms with Crippen LogP contribution in [0.15, 0.2) is 66.7 Å². The number of hydrogen-bond donors (Lipinski definition) is 0. The van der Waals surface area contributed by atoms with Gasteiger partial charge >= 0.3 is 0 Å². The van der Waals surface area contributed by atoms with Gasteiger partial charge in [0.2, 0.25) is 11.8 Å². The Labute approximate surface area is 222 Å². The van der Waals surface area contributed by atoms with Crippen LogP contribution in [-0.4, -0.2) is 34.7 Å². The van der Waals surface area contributed by atoms with Crippen LogP contribution in [0.2, 0.25) is 10.0 Å². The smallest absolute Gasteiger partial charge is 0.228 e. The Morgan fingerprint density at radius 1 is 1.03 bits per heavy atom. The second-order valence-corrected chi connectivity index (χ2v) is 9.88. The van der Waals surface area contributed by atoms with E-state index in [4.69, 9.17) is 27.9 Å². The van der Waals surface area contributed by atoms with Gasteiger partial charge in [-0.1, -0.05) is 59.1 Å². The van der Waals surface area contributed by atoms with Crippen molar-refractivity contribution in [2.24, 2.45) is 5.92 Å². The summed E-state index contributed by atoms with van der Waals surface area (Å²) >= 11 is 12.3. The van der Waals surface area contributed by atoms with Crippen LogP contribution in [0, 0.1) is 12.8 Å². The zero-order valence-corrected chi connectivity index (χ0v) is 22.2. The average Bonchev–Trinajstić information content (AvgIpc) is 3.20. The van der Waals surface area contributed by atoms with Gasteiger partial charge in [-0.15, -0.1) is 0 Å². The fourth-order valence-electron chi connectivity index (χ4n) is 4.82. The van der Waals surface area contributed by atoms with Crippen molar-refractivity contribution in [1.29, 1.82) is 0 Å². The molecule has 2 unspecified atom stereocenters. The van der Waals surface area contributed by atoms with E-state index >= 15 is 0 Å². The number of ether oxygens (including phenoxy) is 1. The molecule has 1 aliphatic heterocycles. The Morgan fingerprint density at radius 3 is 2.42 bits per heavy atom. The Bertz CT molecular complexity index is 1250. The number of carbonyl (C=O) groups is 2. The van der Waals surface area contributed by atoms with Gasteiger partial charge in [0.15, 0.2) is 0 Å². The molecule has 4 rings (SSSR count). The first-order valence-electron chi connectivity index (χ1n) is 12.2. The quantitative estimate of drug-likeness (QED) is 0.317. The van der Waals surface area contributed by atoms with Crippen LogP contribution in [0.3, 0.4) is 0 Å². The topological polar surface area (TPSA) is 49.9 Å². The molecule has 1 saturated heterocycles. The molecule has 0 radical (unpaired) electrons. The molecule has 2 amide bonds. The molecule has 0 aromatic heterocycles. The van der Waals surface area contributed by atoms with Crippen molar-refractivity contribution >= 4 is 35.0 Å². The number of hydrogen-bond acceptors (Lipinski definition) is 3. The average molecular weight is 525 g/mol. The maximum absolute atomic E-state index is 13.9. The van der Waals surface area contributed by atoms with Gasteiger partial charge in [0, 0.05) is 41.7 Å². The first-order chi connectivity index (χ1) is 17.3. The number of likely N-dealkylation sites (tertiary alicyclic amines) is 1. The Morgan fingerprint density at radius 2 is 1.75 bits per heavy atom. The summed E-state index contributed by atoms with van der Waals surface area (Å²) in [6.07, 6.45) is 0.205. The summed E-state index contributed by atoms with van der Waals surface area (Å²) in [5.41, 5.74) is 2.93. The molecular weight excluding hydrogens is 495 g/mol. The normalized spacial score (nSPS) is 17.4. The predicted octanol–water partition coefficient (Wildman–Crippen LogP) is 7.05. The van der Waals surface area contributed by atoms with Gasteiger partial charge in [0.25, 0.3) is 0 Å². The molecule has 1 heterocycles. The number of carbonyl (C=O) groups excluding carboxylic acids is 2. The van der Waals surface area contributed by atoms with Crippen LogP contribution < -0.4 is 4.74 Å². The van der Waals surface area contributed by atoms with Crippen LogP contribution in [0.25, 0.3) is 0 Å². The zero-order valence-electron chi connectivity index (χ0n) is 20.7. The number of benzene rings is 3. The van der Waals surface area contributed by atoms with Crippen molar-refractivity contribution in [1.82, 2.24) is 9.80 Å². The highest BCUT2D eigenvalue weighted by Gasteiger charge is 2.45. The molecular formula is C29H30Cl2N2O3. The Hall–Kier alpha value is -3.02. The first-order valence-corrected chi connectivity index (χ1v) is 12.9.